The summed E-state index contributed by atoms with van der Waals surface area (Å²) in [5.41, 5.74) is 0.594. The number of piperidine rings is 1. The quantitative estimate of drug-likeness (QED) is 0.867. The highest BCUT2D eigenvalue weighted by atomic mass is 35.5. The van der Waals surface area contributed by atoms with E-state index in [-0.39, 0.29) is 11.9 Å². The van der Waals surface area contributed by atoms with E-state index in [1.807, 2.05) is 6.92 Å². The van der Waals surface area contributed by atoms with Gasteiger partial charge in [-0.25, -0.2) is 0 Å². The molecule has 0 amide bonds. The first-order chi connectivity index (χ1) is 9.47. The maximum Gasteiger partial charge on any atom is 0.176 e. The van der Waals surface area contributed by atoms with Crippen LogP contribution in [0.25, 0.3) is 0 Å². The Morgan fingerprint density at radius 2 is 2.00 bits per heavy atom. The van der Waals surface area contributed by atoms with Crippen LogP contribution in [0.15, 0.2) is 18.2 Å². The number of Topliss-reactive ketones (excluding diaryl/α,β-unsaturated/α-hetero) is 1. The Hall–Kier alpha value is -0.610. The average Bonchev–Trinajstić information content (AvgIpc) is 2.42. The topological polar surface area (TPSA) is 40.5 Å². The minimum atomic E-state index is -0.261. The minimum Gasteiger partial charge on any atom is -0.393 e. The van der Waals surface area contributed by atoms with E-state index in [9.17, 15) is 9.90 Å². The van der Waals surface area contributed by atoms with Crippen LogP contribution in [0.4, 0.5) is 0 Å². The molecule has 1 aromatic carbocycles. The lowest BCUT2D eigenvalue weighted by Crippen LogP contribution is -2.39. The standard InChI is InChI=1S/C15H19Cl2NO2/c1-10(19)11-4-6-18(7-5-11)9-15(20)12-2-3-13(16)14(17)8-12/h2-3,8,10-11,19H,4-7,9H2,1H3. The molecule has 1 aliphatic rings. The molecule has 1 aliphatic heterocycles. The van der Waals surface area contributed by atoms with Gasteiger partial charge in [-0.05, 0) is 57.0 Å². The molecule has 0 bridgehead atoms. The zero-order valence-corrected chi connectivity index (χ0v) is 13.0. The number of ketones is 1. The first-order valence-electron chi connectivity index (χ1n) is 6.86. The van der Waals surface area contributed by atoms with Gasteiger partial charge in [-0.15, -0.1) is 0 Å². The van der Waals surface area contributed by atoms with Crippen molar-refractivity contribution in [1.82, 2.24) is 4.90 Å². The second-order valence-corrected chi connectivity index (χ2v) is 6.22. The molecule has 1 fully saturated rings. The van der Waals surface area contributed by atoms with Crippen LogP contribution in [-0.2, 0) is 0 Å². The lowest BCUT2D eigenvalue weighted by molar-refractivity contribution is 0.0664. The molecule has 1 heterocycles. The third-order valence-electron chi connectivity index (χ3n) is 3.92. The number of likely N-dealkylation sites (tertiary alicyclic amines) is 1. The molecule has 0 spiro atoms. The van der Waals surface area contributed by atoms with Crippen molar-refractivity contribution in [1.29, 1.82) is 0 Å². The normalized spacial score (nSPS) is 19.0. The van der Waals surface area contributed by atoms with Crippen LogP contribution in [0.1, 0.15) is 30.1 Å². The number of aliphatic hydroxyl groups is 1. The second-order valence-electron chi connectivity index (χ2n) is 5.41. The van der Waals surface area contributed by atoms with Gasteiger partial charge >= 0.3 is 0 Å². The summed E-state index contributed by atoms with van der Waals surface area (Å²) < 4.78 is 0. The molecule has 5 heteroatoms. The van der Waals surface area contributed by atoms with Crippen LogP contribution < -0.4 is 0 Å². The molecule has 1 N–H and O–H groups in total. The molecule has 0 radical (unpaired) electrons. The summed E-state index contributed by atoms with van der Waals surface area (Å²) in [5, 5.41) is 10.4. The van der Waals surface area contributed by atoms with Gasteiger partial charge < -0.3 is 5.11 Å². The van der Waals surface area contributed by atoms with Crippen molar-refractivity contribution in [3.63, 3.8) is 0 Å². The Morgan fingerprint density at radius 1 is 1.35 bits per heavy atom. The number of benzene rings is 1. The number of hydrogen-bond donors (Lipinski definition) is 1. The van der Waals surface area contributed by atoms with E-state index in [0.717, 1.165) is 25.9 Å². The highest BCUT2D eigenvalue weighted by molar-refractivity contribution is 6.42. The van der Waals surface area contributed by atoms with Crippen molar-refractivity contribution >= 4 is 29.0 Å². The number of carbonyl (C=O) groups is 1. The van der Waals surface area contributed by atoms with Crippen molar-refractivity contribution in [2.45, 2.75) is 25.9 Å². The number of halogens is 2. The van der Waals surface area contributed by atoms with Crippen LogP contribution in [0.2, 0.25) is 10.0 Å². The predicted molar refractivity (Wildman–Crippen MR) is 81.6 cm³/mol. The van der Waals surface area contributed by atoms with E-state index in [1.165, 1.54) is 0 Å². The smallest absolute Gasteiger partial charge is 0.176 e. The zero-order valence-electron chi connectivity index (χ0n) is 11.5. The van der Waals surface area contributed by atoms with Crippen LogP contribution in [0.3, 0.4) is 0 Å². The van der Waals surface area contributed by atoms with Gasteiger partial charge in [-0.2, -0.15) is 0 Å². The third-order valence-corrected chi connectivity index (χ3v) is 4.66. The number of hydrogen-bond acceptors (Lipinski definition) is 3. The average molecular weight is 316 g/mol. The van der Waals surface area contributed by atoms with E-state index < -0.39 is 0 Å². The van der Waals surface area contributed by atoms with E-state index in [4.69, 9.17) is 23.2 Å². The molecular weight excluding hydrogens is 297 g/mol. The number of rotatable bonds is 4. The van der Waals surface area contributed by atoms with Crippen LogP contribution in [0, 0.1) is 5.92 Å². The second kappa shape index (κ2) is 6.90. The molecule has 2 rings (SSSR count). The van der Waals surface area contributed by atoms with Crippen LogP contribution in [-0.4, -0.2) is 41.5 Å². The zero-order chi connectivity index (χ0) is 14.7. The molecule has 1 aromatic rings. The predicted octanol–water partition coefficient (Wildman–Crippen LogP) is 3.27. The van der Waals surface area contributed by atoms with Crippen molar-refractivity contribution < 1.29 is 9.90 Å². The molecule has 110 valence electrons. The highest BCUT2D eigenvalue weighted by Crippen LogP contribution is 2.24. The molecule has 20 heavy (non-hydrogen) atoms. The van der Waals surface area contributed by atoms with Crippen molar-refractivity contribution in [2.75, 3.05) is 19.6 Å². The number of aliphatic hydroxyl groups excluding tert-OH is 1. The summed E-state index contributed by atoms with van der Waals surface area (Å²) in [7, 11) is 0. The summed E-state index contributed by atoms with van der Waals surface area (Å²) >= 11 is 11.8. The molecular formula is C15H19Cl2NO2. The number of carbonyl (C=O) groups excluding carboxylic acids is 1. The first kappa shape index (κ1) is 15.8. The lowest BCUT2D eigenvalue weighted by atomic mass is 9.92. The maximum atomic E-state index is 12.2. The molecule has 1 saturated heterocycles. The third kappa shape index (κ3) is 3.95. The summed E-state index contributed by atoms with van der Waals surface area (Å²) in [6.45, 7) is 3.93. The Balaban J connectivity index is 1.91. The van der Waals surface area contributed by atoms with Crippen molar-refractivity contribution in [2.24, 2.45) is 5.92 Å². The molecule has 0 saturated carbocycles. The van der Waals surface area contributed by atoms with Crippen LogP contribution >= 0.6 is 23.2 Å². The number of nitrogens with zero attached hydrogens (tertiary/aromatic N) is 1. The van der Waals surface area contributed by atoms with E-state index >= 15 is 0 Å². The minimum absolute atomic E-state index is 0.0547. The molecule has 1 unspecified atom stereocenters. The van der Waals surface area contributed by atoms with Crippen molar-refractivity contribution in [3.05, 3.63) is 33.8 Å². The van der Waals surface area contributed by atoms with E-state index in [1.54, 1.807) is 18.2 Å². The summed E-state index contributed by atoms with van der Waals surface area (Å²) in [4.78, 5) is 14.3. The van der Waals surface area contributed by atoms with Gasteiger partial charge in [-0.1, -0.05) is 23.2 Å². The Kier molecular flexibility index (Phi) is 5.44. The SMILES string of the molecule is CC(O)C1CCN(CC(=O)c2ccc(Cl)c(Cl)c2)CC1. The highest BCUT2D eigenvalue weighted by Gasteiger charge is 2.24. The molecule has 3 nitrogen and oxygen atoms in total. The Bertz CT molecular complexity index is 483. The van der Waals surface area contributed by atoms with E-state index in [0.29, 0.717) is 28.1 Å². The summed E-state index contributed by atoms with van der Waals surface area (Å²) in [5.74, 6) is 0.408. The Labute approximate surface area is 129 Å². The van der Waals surface area contributed by atoms with Gasteiger partial charge in [0.1, 0.15) is 0 Å². The maximum absolute atomic E-state index is 12.2. The van der Waals surface area contributed by atoms with Crippen molar-refractivity contribution in [3.8, 4) is 0 Å². The largest absolute Gasteiger partial charge is 0.393 e. The van der Waals surface area contributed by atoms with Gasteiger partial charge in [0.25, 0.3) is 0 Å². The van der Waals surface area contributed by atoms with Gasteiger partial charge in [0.2, 0.25) is 0 Å². The molecule has 1 atom stereocenters. The summed E-state index contributed by atoms with van der Waals surface area (Å²) in [6.07, 6.45) is 1.61. The van der Waals surface area contributed by atoms with Gasteiger partial charge in [0.05, 0.1) is 22.7 Å². The lowest BCUT2D eigenvalue weighted by Gasteiger charge is -2.32. The summed E-state index contributed by atoms with van der Waals surface area (Å²) in [6, 6.07) is 4.98. The monoisotopic (exact) mass is 315 g/mol. The molecule has 0 aliphatic carbocycles. The first-order valence-corrected chi connectivity index (χ1v) is 7.61. The fourth-order valence-corrected chi connectivity index (χ4v) is 2.86. The van der Waals surface area contributed by atoms with E-state index in [2.05, 4.69) is 4.90 Å². The Morgan fingerprint density at radius 3 is 2.55 bits per heavy atom. The fraction of sp³-hybridized carbons (Fsp3) is 0.533. The molecule has 0 aromatic heterocycles. The fourth-order valence-electron chi connectivity index (χ4n) is 2.56. The van der Waals surface area contributed by atoms with Crippen LogP contribution in [0.5, 0.6) is 0 Å². The van der Waals surface area contributed by atoms with Gasteiger partial charge in [-0.3, -0.25) is 9.69 Å². The van der Waals surface area contributed by atoms with Gasteiger partial charge in [0, 0.05) is 5.56 Å². The van der Waals surface area contributed by atoms with Gasteiger partial charge in [0.15, 0.2) is 5.78 Å².